The van der Waals surface area contributed by atoms with Crippen LogP contribution in [0, 0.1) is 11.6 Å². The fourth-order valence-electron chi connectivity index (χ4n) is 2.86. The molecule has 0 atom stereocenters. The van der Waals surface area contributed by atoms with Crippen LogP contribution in [0.1, 0.15) is 11.1 Å². The summed E-state index contributed by atoms with van der Waals surface area (Å²) in [7, 11) is -4.42. The van der Waals surface area contributed by atoms with Crippen LogP contribution in [0.15, 0.2) is 59.8 Å². The second kappa shape index (κ2) is 8.63. The predicted octanol–water partition coefficient (Wildman–Crippen LogP) is 3.87. The maximum Gasteiger partial charge on any atom is 0.417 e. The van der Waals surface area contributed by atoms with Gasteiger partial charge in [-0.3, -0.25) is 9.78 Å². The van der Waals surface area contributed by atoms with Gasteiger partial charge in [-0.05, 0) is 29.8 Å². The van der Waals surface area contributed by atoms with Crippen molar-refractivity contribution in [2.45, 2.75) is 17.5 Å². The van der Waals surface area contributed by atoms with E-state index in [2.05, 4.69) is 10.3 Å². The van der Waals surface area contributed by atoms with E-state index in [9.17, 15) is 35.2 Å². The number of aromatic nitrogens is 1. The molecule has 0 saturated carbocycles. The molecule has 6 nitrogen and oxygen atoms in total. The molecule has 3 N–H and O–H groups in total. The first-order chi connectivity index (χ1) is 14.8. The maximum atomic E-state index is 13.7. The number of pyridine rings is 1. The van der Waals surface area contributed by atoms with Crippen LogP contribution in [0.5, 0.6) is 0 Å². The molecule has 3 rings (SSSR count). The van der Waals surface area contributed by atoms with Gasteiger partial charge in [-0.2, -0.15) is 13.2 Å². The summed E-state index contributed by atoms with van der Waals surface area (Å²) in [6, 6.07) is 6.75. The Balaban J connectivity index is 1.93. The third kappa shape index (κ3) is 5.45. The standard InChI is InChI=1S/C20H14F5N3O3S/c21-14-2-1-11(17(22)7-14)6-19(29)28-15-3-4-16(18(8-15)32(26,30)31)12-5-13(10-27-9-12)20(23,24)25/h1-5,7-10H,6H2,(H,28,29)(H2,26,30,31). The average molecular weight is 471 g/mol. The molecule has 0 unspecified atom stereocenters. The van der Waals surface area contributed by atoms with E-state index < -0.39 is 50.6 Å². The number of primary sulfonamides is 1. The maximum absolute atomic E-state index is 13.7. The molecular weight excluding hydrogens is 457 g/mol. The number of amides is 1. The lowest BCUT2D eigenvalue weighted by Gasteiger charge is -2.13. The summed E-state index contributed by atoms with van der Waals surface area (Å²) < 4.78 is 89.7. The minimum Gasteiger partial charge on any atom is -0.326 e. The summed E-state index contributed by atoms with van der Waals surface area (Å²) in [6.07, 6.45) is -3.55. The molecule has 3 aromatic rings. The number of sulfonamides is 1. The number of nitrogens with one attached hydrogen (secondary N) is 1. The first-order valence-corrected chi connectivity index (χ1v) is 10.3. The van der Waals surface area contributed by atoms with Crippen molar-refractivity contribution in [3.63, 3.8) is 0 Å². The average Bonchev–Trinajstić information content (AvgIpc) is 2.69. The molecule has 1 amide bonds. The lowest BCUT2D eigenvalue weighted by molar-refractivity contribution is -0.137. The Morgan fingerprint density at radius 3 is 2.38 bits per heavy atom. The molecule has 32 heavy (non-hydrogen) atoms. The summed E-state index contributed by atoms with van der Waals surface area (Å²) in [6.45, 7) is 0. The van der Waals surface area contributed by atoms with Gasteiger partial charge in [0.05, 0.1) is 16.9 Å². The Morgan fingerprint density at radius 1 is 1.03 bits per heavy atom. The molecule has 0 aliphatic carbocycles. The number of nitrogens with zero attached hydrogens (tertiary/aromatic N) is 1. The molecule has 1 aromatic heterocycles. The predicted molar refractivity (Wildman–Crippen MR) is 105 cm³/mol. The Hall–Kier alpha value is -3.38. The number of alkyl halides is 3. The van der Waals surface area contributed by atoms with Crippen molar-refractivity contribution >= 4 is 21.6 Å². The zero-order valence-electron chi connectivity index (χ0n) is 16.0. The normalized spacial score (nSPS) is 11.9. The Kier molecular flexibility index (Phi) is 6.28. The highest BCUT2D eigenvalue weighted by Gasteiger charge is 2.31. The van der Waals surface area contributed by atoms with Crippen LogP contribution in [0.3, 0.4) is 0 Å². The first kappa shape index (κ1) is 23.3. The number of hydrogen-bond donors (Lipinski definition) is 2. The lowest BCUT2D eigenvalue weighted by atomic mass is 10.0. The van der Waals surface area contributed by atoms with Gasteiger partial charge in [0.25, 0.3) is 0 Å². The van der Waals surface area contributed by atoms with Crippen LogP contribution in [0.25, 0.3) is 11.1 Å². The second-order valence-corrected chi connectivity index (χ2v) is 8.21. The highest BCUT2D eigenvalue weighted by Crippen LogP contribution is 2.34. The van der Waals surface area contributed by atoms with E-state index in [1.165, 1.54) is 6.07 Å². The van der Waals surface area contributed by atoms with E-state index in [1.807, 2.05) is 0 Å². The number of anilines is 1. The Bertz CT molecular complexity index is 1290. The number of rotatable bonds is 5. The molecule has 1 heterocycles. The van der Waals surface area contributed by atoms with Gasteiger partial charge < -0.3 is 5.32 Å². The quantitative estimate of drug-likeness (QED) is 0.552. The monoisotopic (exact) mass is 471 g/mol. The van der Waals surface area contributed by atoms with Gasteiger partial charge in [0, 0.05) is 35.3 Å². The molecule has 168 valence electrons. The van der Waals surface area contributed by atoms with Crippen LogP contribution in [-0.2, 0) is 27.4 Å². The van der Waals surface area contributed by atoms with E-state index in [4.69, 9.17) is 5.14 Å². The molecule has 0 radical (unpaired) electrons. The zero-order valence-corrected chi connectivity index (χ0v) is 16.8. The second-order valence-electron chi connectivity index (χ2n) is 6.68. The van der Waals surface area contributed by atoms with E-state index in [0.29, 0.717) is 18.3 Å². The number of nitrogens with two attached hydrogens (primary N) is 1. The van der Waals surface area contributed by atoms with Gasteiger partial charge in [-0.1, -0.05) is 12.1 Å². The zero-order chi connectivity index (χ0) is 23.7. The van der Waals surface area contributed by atoms with Crippen molar-refractivity contribution < 1.29 is 35.2 Å². The molecule has 0 spiro atoms. The minimum absolute atomic E-state index is 0.0507. The van der Waals surface area contributed by atoms with Crippen LogP contribution in [0.2, 0.25) is 0 Å². The van der Waals surface area contributed by atoms with Crippen LogP contribution >= 0.6 is 0 Å². The van der Waals surface area contributed by atoms with Crippen LogP contribution < -0.4 is 10.5 Å². The van der Waals surface area contributed by atoms with Gasteiger partial charge >= 0.3 is 6.18 Å². The van der Waals surface area contributed by atoms with Crippen molar-refractivity contribution in [1.29, 1.82) is 0 Å². The molecule has 0 aliphatic rings. The lowest BCUT2D eigenvalue weighted by Crippen LogP contribution is -2.17. The fourth-order valence-corrected chi connectivity index (χ4v) is 3.64. The highest BCUT2D eigenvalue weighted by molar-refractivity contribution is 7.89. The van der Waals surface area contributed by atoms with Crippen molar-refractivity contribution in [2.24, 2.45) is 5.14 Å². The molecular formula is C20H14F5N3O3S. The topological polar surface area (TPSA) is 102 Å². The van der Waals surface area contributed by atoms with Crippen molar-refractivity contribution in [2.75, 3.05) is 5.32 Å². The van der Waals surface area contributed by atoms with Crippen molar-refractivity contribution in [1.82, 2.24) is 4.98 Å². The van der Waals surface area contributed by atoms with Crippen LogP contribution in [-0.4, -0.2) is 19.3 Å². The molecule has 2 aromatic carbocycles. The molecule has 12 heteroatoms. The van der Waals surface area contributed by atoms with E-state index in [0.717, 1.165) is 30.5 Å². The third-order valence-electron chi connectivity index (χ3n) is 4.31. The van der Waals surface area contributed by atoms with Crippen LogP contribution in [0.4, 0.5) is 27.6 Å². The Morgan fingerprint density at radius 2 is 1.75 bits per heavy atom. The van der Waals surface area contributed by atoms with Gasteiger partial charge in [0.15, 0.2) is 0 Å². The number of halogens is 5. The fraction of sp³-hybridized carbons (Fsp3) is 0.100. The number of benzene rings is 2. The van der Waals surface area contributed by atoms with Gasteiger partial charge in [0.2, 0.25) is 15.9 Å². The Labute approximate surface area is 178 Å². The summed E-state index contributed by atoms with van der Waals surface area (Å²) in [5.41, 5.74) is -1.55. The largest absolute Gasteiger partial charge is 0.417 e. The van der Waals surface area contributed by atoms with Gasteiger partial charge in [-0.25, -0.2) is 22.3 Å². The van der Waals surface area contributed by atoms with E-state index >= 15 is 0 Å². The third-order valence-corrected chi connectivity index (χ3v) is 5.27. The van der Waals surface area contributed by atoms with Gasteiger partial charge in [-0.15, -0.1) is 0 Å². The summed E-state index contributed by atoms with van der Waals surface area (Å²) in [4.78, 5) is 15.1. The highest BCUT2D eigenvalue weighted by atomic mass is 32.2. The van der Waals surface area contributed by atoms with Crippen molar-refractivity contribution in [3.05, 3.63) is 77.6 Å². The molecule has 0 aliphatic heterocycles. The number of carbonyl (C=O) groups is 1. The SMILES string of the molecule is NS(=O)(=O)c1cc(NC(=O)Cc2ccc(F)cc2F)ccc1-c1cncc(C(F)(F)F)c1. The minimum atomic E-state index is -4.70. The first-order valence-electron chi connectivity index (χ1n) is 8.78. The smallest absolute Gasteiger partial charge is 0.326 e. The van der Waals surface area contributed by atoms with Crippen molar-refractivity contribution in [3.8, 4) is 11.1 Å². The summed E-state index contributed by atoms with van der Waals surface area (Å²) in [5, 5.41) is 7.55. The summed E-state index contributed by atoms with van der Waals surface area (Å²) >= 11 is 0. The number of carbonyl (C=O) groups excluding carboxylic acids is 1. The van der Waals surface area contributed by atoms with E-state index in [-0.39, 0.29) is 22.4 Å². The molecule has 0 saturated heterocycles. The molecule has 0 fully saturated rings. The summed E-state index contributed by atoms with van der Waals surface area (Å²) in [5.74, 6) is -2.49. The number of hydrogen-bond acceptors (Lipinski definition) is 4. The van der Waals surface area contributed by atoms with E-state index in [1.54, 1.807) is 0 Å². The van der Waals surface area contributed by atoms with Gasteiger partial charge in [0.1, 0.15) is 11.6 Å². The molecule has 0 bridgehead atoms.